The van der Waals surface area contributed by atoms with Crippen molar-refractivity contribution in [1.82, 2.24) is 4.98 Å². The van der Waals surface area contributed by atoms with Gasteiger partial charge in [-0.3, -0.25) is 4.98 Å². The minimum Gasteiger partial charge on any atom is -0.397 e. The molecule has 4 nitrogen and oxygen atoms in total. The van der Waals surface area contributed by atoms with Gasteiger partial charge in [0.1, 0.15) is 0 Å². The van der Waals surface area contributed by atoms with E-state index in [2.05, 4.69) is 10.3 Å². The van der Waals surface area contributed by atoms with Crippen LogP contribution in [0, 0.1) is 0 Å². The second-order valence-corrected chi connectivity index (χ2v) is 3.86. The van der Waals surface area contributed by atoms with Crippen LogP contribution in [0.2, 0.25) is 0 Å². The maximum absolute atomic E-state index is 5.63. The van der Waals surface area contributed by atoms with Gasteiger partial charge in [-0.25, -0.2) is 0 Å². The molecule has 1 aliphatic rings. The number of pyridine rings is 1. The van der Waals surface area contributed by atoms with Gasteiger partial charge in [0, 0.05) is 19.3 Å². The van der Waals surface area contributed by atoms with Crippen LogP contribution >= 0.6 is 0 Å². The fourth-order valence-electron chi connectivity index (χ4n) is 1.80. The quantitative estimate of drug-likeness (QED) is 0.788. The van der Waals surface area contributed by atoms with Crippen LogP contribution in [0.4, 0.5) is 11.4 Å². The standard InChI is InChI=1S/C11H17N3O/c12-9-6-10(8-13-7-9)14-4-3-11-2-1-5-15-11/h6-8,11,14H,1-5,12H2. The van der Waals surface area contributed by atoms with Crippen molar-refractivity contribution in [2.75, 3.05) is 24.2 Å². The van der Waals surface area contributed by atoms with E-state index in [-0.39, 0.29) is 0 Å². The zero-order valence-corrected chi connectivity index (χ0v) is 8.78. The van der Waals surface area contributed by atoms with Crippen molar-refractivity contribution in [1.29, 1.82) is 0 Å². The summed E-state index contributed by atoms with van der Waals surface area (Å²) in [5.41, 5.74) is 7.30. The summed E-state index contributed by atoms with van der Waals surface area (Å²) in [7, 11) is 0. The average molecular weight is 207 g/mol. The lowest BCUT2D eigenvalue weighted by molar-refractivity contribution is 0.107. The number of anilines is 2. The minimum atomic E-state index is 0.437. The molecule has 0 saturated carbocycles. The lowest BCUT2D eigenvalue weighted by Crippen LogP contribution is -2.12. The molecule has 0 aliphatic carbocycles. The summed E-state index contributed by atoms with van der Waals surface area (Å²) >= 11 is 0. The van der Waals surface area contributed by atoms with E-state index < -0.39 is 0 Å². The van der Waals surface area contributed by atoms with Crippen molar-refractivity contribution in [3.05, 3.63) is 18.5 Å². The molecule has 82 valence electrons. The Morgan fingerprint density at radius 1 is 1.53 bits per heavy atom. The van der Waals surface area contributed by atoms with Gasteiger partial charge < -0.3 is 15.8 Å². The van der Waals surface area contributed by atoms with Gasteiger partial charge in [0.2, 0.25) is 0 Å². The molecular weight excluding hydrogens is 190 g/mol. The minimum absolute atomic E-state index is 0.437. The fourth-order valence-corrected chi connectivity index (χ4v) is 1.80. The van der Waals surface area contributed by atoms with Crippen LogP contribution in [0.25, 0.3) is 0 Å². The van der Waals surface area contributed by atoms with E-state index in [1.807, 2.05) is 6.07 Å². The molecule has 1 unspecified atom stereocenters. The highest BCUT2D eigenvalue weighted by Gasteiger charge is 2.14. The molecule has 15 heavy (non-hydrogen) atoms. The smallest absolute Gasteiger partial charge is 0.0592 e. The number of hydrogen-bond acceptors (Lipinski definition) is 4. The third-order valence-electron chi connectivity index (χ3n) is 2.58. The first kappa shape index (κ1) is 10.2. The summed E-state index contributed by atoms with van der Waals surface area (Å²) in [6.45, 7) is 1.83. The molecule has 1 aromatic rings. The molecule has 1 fully saturated rings. The maximum Gasteiger partial charge on any atom is 0.0592 e. The predicted octanol–water partition coefficient (Wildman–Crippen LogP) is 1.64. The predicted molar refractivity (Wildman–Crippen MR) is 60.7 cm³/mol. The first-order valence-corrected chi connectivity index (χ1v) is 5.40. The zero-order valence-electron chi connectivity index (χ0n) is 8.78. The Morgan fingerprint density at radius 3 is 3.20 bits per heavy atom. The van der Waals surface area contributed by atoms with Gasteiger partial charge in [-0.15, -0.1) is 0 Å². The van der Waals surface area contributed by atoms with Crippen molar-refractivity contribution in [3.8, 4) is 0 Å². The Balaban J connectivity index is 1.73. The van der Waals surface area contributed by atoms with Crippen molar-refractivity contribution < 1.29 is 4.74 Å². The van der Waals surface area contributed by atoms with Crippen molar-refractivity contribution in [2.45, 2.75) is 25.4 Å². The van der Waals surface area contributed by atoms with Gasteiger partial charge >= 0.3 is 0 Å². The van der Waals surface area contributed by atoms with Gasteiger partial charge in [0.05, 0.1) is 23.7 Å². The fraction of sp³-hybridized carbons (Fsp3) is 0.545. The number of ether oxygens (including phenoxy) is 1. The largest absolute Gasteiger partial charge is 0.397 e. The lowest BCUT2D eigenvalue weighted by Gasteiger charge is -2.10. The Kier molecular flexibility index (Phi) is 3.40. The number of rotatable bonds is 4. The number of aromatic nitrogens is 1. The average Bonchev–Trinajstić information content (AvgIpc) is 2.71. The highest BCUT2D eigenvalue weighted by molar-refractivity contribution is 5.51. The molecular formula is C11H17N3O. The molecule has 0 radical (unpaired) electrons. The van der Waals surface area contributed by atoms with Crippen LogP contribution in [0.3, 0.4) is 0 Å². The van der Waals surface area contributed by atoms with E-state index in [1.54, 1.807) is 12.4 Å². The second kappa shape index (κ2) is 4.98. The van der Waals surface area contributed by atoms with E-state index in [0.717, 1.165) is 25.3 Å². The Hall–Kier alpha value is -1.29. The molecule has 0 amide bonds. The molecule has 1 aliphatic heterocycles. The van der Waals surface area contributed by atoms with Crippen LogP contribution in [0.1, 0.15) is 19.3 Å². The van der Waals surface area contributed by atoms with Gasteiger partial charge in [0.25, 0.3) is 0 Å². The number of hydrogen-bond donors (Lipinski definition) is 2. The summed E-state index contributed by atoms with van der Waals surface area (Å²) < 4.78 is 5.53. The highest BCUT2D eigenvalue weighted by atomic mass is 16.5. The lowest BCUT2D eigenvalue weighted by atomic mass is 10.2. The van der Waals surface area contributed by atoms with Crippen molar-refractivity contribution >= 4 is 11.4 Å². The molecule has 1 saturated heterocycles. The first-order valence-electron chi connectivity index (χ1n) is 5.40. The number of nitrogen functional groups attached to an aromatic ring is 1. The highest BCUT2D eigenvalue weighted by Crippen LogP contribution is 2.16. The van der Waals surface area contributed by atoms with Crippen LogP contribution in [-0.4, -0.2) is 24.2 Å². The molecule has 2 heterocycles. The van der Waals surface area contributed by atoms with Crippen LogP contribution < -0.4 is 11.1 Å². The van der Waals surface area contributed by atoms with Gasteiger partial charge in [-0.05, 0) is 25.3 Å². The monoisotopic (exact) mass is 207 g/mol. The molecule has 4 heteroatoms. The van der Waals surface area contributed by atoms with E-state index in [1.165, 1.54) is 12.8 Å². The maximum atomic E-state index is 5.63. The summed E-state index contributed by atoms with van der Waals surface area (Å²) in [4.78, 5) is 4.02. The topological polar surface area (TPSA) is 60.2 Å². The Labute approximate surface area is 89.8 Å². The van der Waals surface area contributed by atoms with Crippen LogP contribution in [-0.2, 0) is 4.74 Å². The van der Waals surface area contributed by atoms with Gasteiger partial charge in [-0.2, -0.15) is 0 Å². The molecule has 1 atom stereocenters. The summed E-state index contributed by atoms with van der Waals surface area (Å²) in [5.74, 6) is 0. The van der Waals surface area contributed by atoms with Crippen molar-refractivity contribution in [3.63, 3.8) is 0 Å². The molecule has 3 N–H and O–H groups in total. The normalized spacial score (nSPS) is 20.4. The molecule has 0 bridgehead atoms. The Bertz CT molecular complexity index is 310. The zero-order chi connectivity index (χ0) is 10.5. The van der Waals surface area contributed by atoms with Crippen LogP contribution in [0.5, 0.6) is 0 Å². The van der Waals surface area contributed by atoms with Crippen molar-refractivity contribution in [2.24, 2.45) is 0 Å². The number of nitrogens with two attached hydrogens (primary N) is 1. The molecule has 0 aromatic carbocycles. The number of nitrogens with zero attached hydrogens (tertiary/aromatic N) is 1. The molecule has 0 spiro atoms. The van der Waals surface area contributed by atoms with Crippen LogP contribution in [0.15, 0.2) is 18.5 Å². The first-order chi connectivity index (χ1) is 7.34. The van der Waals surface area contributed by atoms with E-state index in [9.17, 15) is 0 Å². The summed E-state index contributed by atoms with van der Waals surface area (Å²) in [5, 5.41) is 3.29. The van der Waals surface area contributed by atoms with E-state index in [4.69, 9.17) is 10.5 Å². The van der Waals surface area contributed by atoms with E-state index in [0.29, 0.717) is 11.8 Å². The third kappa shape index (κ3) is 3.09. The van der Waals surface area contributed by atoms with Gasteiger partial charge in [0.15, 0.2) is 0 Å². The molecule has 2 rings (SSSR count). The SMILES string of the molecule is Nc1cncc(NCCC2CCCO2)c1. The second-order valence-electron chi connectivity index (χ2n) is 3.86. The summed E-state index contributed by atoms with van der Waals surface area (Å²) in [6, 6.07) is 1.89. The van der Waals surface area contributed by atoms with Gasteiger partial charge in [-0.1, -0.05) is 0 Å². The Morgan fingerprint density at radius 2 is 2.47 bits per heavy atom. The molecule has 1 aromatic heterocycles. The third-order valence-corrected chi connectivity index (χ3v) is 2.58. The van der Waals surface area contributed by atoms with E-state index >= 15 is 0 Å². The summed E-state index contributed by atoms with van der Waals surface area (Å²) in [6.07, 6.45) is 7.30. The number of nitrogens with one attached hydrogen (secondary N) is 1.